The second kappa shape index (κ2) is 4.31. The first-order valence-corrected chi connectivity index (χ1v) is 6.58. The van der Waals surface area contributed by atoms with Gasteiger partial charge in [-0.05, 0) is 47.3 Å². The number of rotatable bonds is 2. The molecule has 1 aliphatic heterocycles. The summed E-state index contributed by atoms with van der Waals surface area (Å²) in [5, 5.41) is 0. The summed E-state index contributed by atoms with van der Waals surface area (Å²) >= 11 is 3.52. The van der Waals surface area contributed by atoms with E-state index < -0.39 is 0 Å². The van der Waals surface area contributed by atoms with Gasteiger partial charge in [0, 0.05) is 0 Å². The minimum Gasteiger partial charge on any atom is -0.469 e. The van der Waals surface area contributed by atoms with Crippen LogP contribution >= 0.6 is 15.9 Å². The van der Waals surface area contributed by atoms with Crippen LogP contribution in [0.2, 0.25) is 0 Å². The quantitative estimate of drug-likeness (QED) is 0.926. The molecule has 17 heavy (non-hydrogen) atoms. The fourth-order valence-electron chi connectivity index (χ4n) is 2.40. The number of furan rings is 1. The van der Waals surface area contributed by atoms with Gasteiger partial charge in [0.2, 0.25) is 0 Å². The van der Waals surface area contributed by atoms with Crippen LogP contribution in [0.25, 0.3) is 0 Å². The predicted octanol–water partition coefficient (Wildman–Crippen LogP) is 2.62. The molecular weight excluding hydrogens is 282 g/mol. The second-order valence-corrected chi connectivity index (χ2v) is 5.10. The highest BCUT2D eigenvalue weighted by Gasteiger charge is 2.23. The molecule has 90 valence electrons. The molecule has 2 aromatic rings. The lowest BCUT2D eigenvalue weighted by atomic mass is 10.1. The van der Waals surface area contributed by atoms with Crippen molar-refractivity contribution in [3.8, 4) is 0 Å². The van der Waals surface area contributed by atoms with E-state index in [1.807, 2.05) is 12.1 Å². The molecule has 5 heteroatoms. The minimum absolute atomic E-state index is 0.0440. The molecule has 0 bridgehead atoms. The van der Waals surface area contributed by atoms with Crippen molar-refractivity contribution in [3.63, 3.8) is 0 Å². The standard InChI is InChI=1S/C12H14BrN3O/c13-12-9-4-1-5-10(14)16(9)11(15-12)7-8-3-2-6-17-8/h2-3,6,10H,1,4-5,7,14H2. The van der Waals surface area contributed by atoms with Crippen molar-refractivity contribution < 1.29 is 4.42 Å². The molecule has 3 rings (SSSR count). The topological polar surface area (TPSA) is 57.0 Å². The van der Waals surface area contributed by atoms with Crippen LogP contribution in [0.3, 0.4) is 0 Å². The van der Waals surface area contributed by atoms with Gasteiger partial charge in [-0.25, -0.2) is 4.98 Å². The maximum absolute atomic E-state index is 6.16. The Bertz CT molecular complexity index is 518. The monoisotopic (exact) mass is 295 g/mol. The molecule has 0 saturated carbocycles. The SMILES string of the molecule is NC1CCCc2c(Br)nc(Cc3ccco3)n21. The molecule has 0 radical (unpaired) electrons. The summed E-state index contributed by atoms with van der Waals surface area (Å²) < 4.78 is 8.44. The van der Waals surface area contributed by atoms with E-state index in [1.165, 1.54) is 5.69 Å². The average Bonchev–Trinajstić information content (AvgIpc) is 2.90. The lowest BCUT2D eigenvalue weighted by Gasteiger charge is -2.23. The van der Waals surface area contributed by atoms with Crippen molar-refractivity contribution in [2.45, 2.75) is 31.8 Å². The lowest BCUT2D eigenvalue weighted by molar-refractivity contribution is 0.398. The van der Waals surface area contributed by atoms with E-state index in [0.717, 1.165) is 35.5 Å². The third kappa shape index (κ3) is 1.93. The summed E-state index contributed by atoms with van der Waals surface area (Å²) in [4.78, 5) is 4.56. The van der Waals surface area contributed by atoms with Crippen LogP contribution in [0.15, 0.2) is 27.4 Å². The highest BCUT2D eigenvalue weighted by Crippen LogP contribution is 2.29. The van der Waals surface area contributed by atoms with Gasteiger partial charge in [0.1, 0.15) is 16.2 Å². The van der Waals surface area contributed by atoms with Gasteiger partial charge in [0.15, 0.2) is 0 Å². The van der Waals surface area contributed by atoms with Crippen LogP contribution in [0.1, 0.15) is 36.3 Å². The summed E-state index contributed by atoms with van der Waals surface area (Å²) in [5.41, 5.74) is 7.37. The van der Waals surface area contributed by atoms with Crippen molar-refractivity contribution >= 4 is 15.9 Å². The van der Waals surface area contributed by atoms with Gasteiger partial charge >= 0.3 is 0 Å². The lowest BCUT2D eigenvalue weighted by Crippen LogP contribution is -2.26. The first-order valence-electron chi connectivity index (χ1n) is 5.79. The maximum Gasteiger partial charge on any atom is 0.127 e. The van der Waals surface area contributed by atoms with E-state index >= 15 is 0 Å². The Kier molecular flexibility index (Phi) is 2.80. The van der Waals surface area contributed by atoms with Crippen molar-refractivity contribution in [3.05, 3.63) is 40.3 Å². The zero-order valence-corrected chi connectivity index (χ0v) is 11.0. The molecular formula is C12H14BrN3O. The number of halogens is 1. The Hall–Kier alpha value is -1.07. The molecule has 0 saturated heterocycles. The third-order valence-corrected chi connectivity index (χ3v) is 3.83. The summed E-state index contributed by atoms with van der Waals surface area (Å²) in [6.07, 6.45) is 5.61. The third-order valence-electron chi connectivity index (χ3n) is 3.19. The van der Waals surface area contributed by atoms with Gasteiger partial charge in [0.05, 0.1) is 24.5 Å². The molecule has 0 aromatic carbocycles. The zero-order valence-electron chi connectivity index (χ0n) is 9.40. The normalized spacial score (nSPS) is 19.3. The number of hydrogen-bond donors (Lipinski definition) is 1. The Labute approximate surface area is 108 Å². The van der Waals surface area contributed by atoms with Gasteiger partial charge in [-0.1, -0.05) is 0 Å². The molecule has 0 spiro atoms. The number of fused-ring (bicyclic) bond motifs is 1. The molecule has 1 unspecified atom stereocenters. The second-order valence-electron chi connectivity index (χ2n) is 4.35. The number of imidazole rings is 1. The van der Waals surface area contributed by atoms with E-state index in [0.29, 0.717) is 6.42 Å². The van der Waals surface area contributed by atoms with E-state index in [1.54, 1.807) is 6.26 Å². The Morgan fingerprint density at radius 3 is 3.24 bits per heavy atom. The molecule has 4 nitrogen and oxygen atoms in total. The fraction of sp³-hybridized carbons (Fsp3) is 0.417. The summed E-state index contributed by atoms with van der Waals surface area (Å²) in [7, 11) is 0. The molecule has 2 aromatic heterocycles. The molecule has 2 N–H and O–H groups in total. The molecule has 0 amide bonds. The molecule has 1 atom stereocenters. The zero-order chi connectivity index (χ0) is 11.8. The Balaban J connectivity index is 2.00. The molecule has 0 aliphatic carbocycles. The number of nitrogens with two attached hydrogens (primary N) is 1. The maximum atomic E-state index is 6.16. The van der Waals surface area contributed by atoms with Gasteiger partial charge in [-0.3, -0.25) is 0 Å². The van der Waals surface area contributed by atoms with Gasteiger partial charge in [0.25, 0.3) is 0 Å². The van der Waals surface area contributed by atoms with Crippen LogP contribution in [-0.4, -0.2) is 9.55 Å². The molecule has 0 fully saturated rings. The van der Waals surface area contributed by atoms with Gasteiger partial charge in [-0.15, -0.1) is 0 Å². The van der Waals surface area contributed by atoms with E-state index in [9.17, 15) is 0 Å². The van der Waals surface area contributed by atoms with E-state index in [2.05, 4.69) is 25.5 Å². The fourth-order valence-corrected chi connectivity index (χ4v) is 3.00. The van der Waals surface area contributed by atoms with Crippen molar-refractivity contribution in [2.75, 3.05) is 0 Å². The molecule has 3 heterocycles. The minimum atomic E-state index is 0.0440. The van der Waals surface area contributed by atoms with Crippen LogP contribution in [0.5, 0.6) is 0 Å². The van der Waals surface area contributed by atoms with Gasteiger partial charge in [-0.2, -0.15) is 0 Å². The first-order chi connectivity index (χ1) is 8.25. The highest BCUT2D eigenvalue weighted by molar-refractivity contribution is 9.10. The van der Waals surface area contributed by atoms with Crippen LogP contribution in [0, 0.1) is 0 Å². The number of hydrogen-bond acceptors (Lipinski definition) is 3. The van der Waals surface area contributed by atoms with E-state index in [-0.39, 0.29) is 6.17 Å². The van der Waals surface area contributed by atoms with Crippen LogP contribution < -0.4 is 5.73 Å². The van der Waals surface area contributed by atoms with Crippen molar-refractivity contribution in [1.29, 1.82) is 0 Å². The first kappa shape index (κ1) is 11.0. The largest absolute Gasteiger partial charge is 0.469 e. The molecule has 1 aliphatic rings. The Morgan fingerprint density at radius 2 is 2.47 bits per heavy atom. The Morgan fingerprint density at radius 1 is 1.59 bits per heavy atom. The summed E-state index contributed by atoms with van der Waals surface area (Å²) in [5.74, 6) is 1.90. The summed E-state index contributed by atoms with van der Waals surface area (Å²) in [6.45, 7) is 0. The van der Waals surface area contributed by atoms with Crippen LogP contribution in [-0.2, 0) is 12.8 Å². The van der Waals surface area contributed by atoms with Crippen molar-refractivity contribution in [1.82, 2.24) is 9.55 Å². The highest BCUT2D eigenvalue weighted by atomic mass is 79.9. The van der Waals surface area contributed by atoms with E-state index in [4.69, 9.17) is 10.2 Å². The smallest absolute Gasteiger partial charge is 0.127 e. The van der Waals surface area contributed by atoms with Crippen LogP contribution in [0.4, 0.5) is 0 Å². The number of aromatic nitrogens is 2. The summed E-state index contributed by atoms with van der Waals surface area (Å²) in [6, 6.07) is 3.86. The predicted molar refractivity (Wildman–Crippen MR) is 67.6 cm³/mol. The average molecular weight is 296 g/mol. The van der Waals surface area contributed by atoms with Gasteiger partial charge < -0.3 is 14.7 Å². The number of nitrogens with zero attached hydrogens (tertiary/aromatic N) is 2. The van der Waals surface area contributed by atoms with Crippen molar-refractivity contribution in [2.24, 2.45) is 5.73 Å².